The van der Waals surface area contributed by atoms with Gasteiger partial charge in [-0.2, -0.15) is 4.98 Å². The van der Waals surface area contributed by atoms with Crippen LogP contribution in [0, 0.1) is 5.41 Å². The number of nitrogens with two attached hydrogens (primary N) is 3. The average Bonchev–Trinajstić information content (AvgIpc) is 3.08. The number of aromatic nitrogens is 2. The van der Waals surface area contributed by atoms with Crippen LogP contribution >= 0.6 is 0 Å². The van der Waals surface area contributed by atoms with Gasteiger partial charge in [0.1, 0.15) is 17.1 Å². The van der Waals surface area contributed by atoms with Gasteiger partial charge in [-0.1, -0.05) is 12.8 Å². The molecule has 0 unspecified atom stereocenters. The highest BCUT2D eigenvalue weighted by atomic mass is 16.1. The van der Waals surface area contributed by atoms with Crippen molar-refractivity contribution in [2.24, 2.45) is 22.4 Å². The molecule has 0 bridgehead atoms. The fraction of sp³-hybridized carbons (Fsp3) is 0.381. The highest BCUT2D eigenvalue weighted by Crippen LogP contribution is 2.25. The summed E-state index contributed by atoms with van der Waals surface area (Å²) in [7, 11) is 0. The molecule has 1 saturated heterocycles. The molecular formula is C21H30N10O. The fourth-order valence-corrected chi connectivity index (χ4v) is 3.44. The Balaban J connectivity index is 1.93. The molecule has 1 fully saturated rings. The Hall–Kier alpha value is -3.73. The summed E-state index contributed by atoms with van der Waals surface area (Å²) in [6.45, 7) is 4.05. The van der Waals surface area contributed by atoms with Crippen molar-refractivity contribution in [3.05, 3.63) is 41.1 Å². The number of nitrogens with zero attached hydrogens (tertiary/aromatic N) is 5. The van der Waals surface area contributed by atoms with E-state index < -0.39 is 5.91 Å². The third kappa shape index (κ3) is 5.49. The highest BCUT2D eigenvalue weighted by Gasteiger charge is 2.21. The number of primary amides is 1. The quantitative estimate of drug-likeness (QED) is 0.178. The van der Waals surface area contributed by atoms with Crippen molar-refractivity contribution in [1.29, 1.82) is 5.41 Å². The lowest BCUT2D eigenvalue weighted by atomic mass is 10.1. The van der Waals surface area contributed by atoms with E-state index in [1.54, 1.807) is 24.3 Å². The molecule has 1 aromatic heterocycles. The van der Waals surface area contributed by atoms with Crippen LogP contribution in [0.4, 0.5) is 17.5 Å². The third-order valence-corrected chi connectivity index (χ3v) is 5.20. The molecule has 11 heteroatoms. The molecule has 0 aliphatic carbocycles. The van der Waals surface area contributed by atoms with Crippen LogP contribution in [0.5, 0.6) is 0 Å². The Morgan fingerprint density at radius 3 is 2.41 bits per heavy atom. The second-order valence-electron chi connectivity index (χ2n) is 7.49. The zero-order chi connectivity index (χ0) is 23.1. The second kappa shape index (κ2) is 10.5. The fourth-order valence-electron chi connectivity index (χ4n) is 3.44. The summed E-state index contributed by atoms with van der Waals surface area (Å²) in [5.74, 6) is 6.00. The maximum absolute atomic E-state index is 12.1. The van der Waals surface area contributed by atoms with Crippen LogP contribution in [0.1, 0.15) is 54.2 Å². The van der Waals surface area contributed by atoms with E-state index in [2.05, 4.69) is 25.3 Å². The first kappa shape index (κ1) is 22.9. The van der Waals surface area contributed by atoms with E-state index >= 15 is 0 Å². The Bertz CT molecular complexity index is 981. The van der Waals surface area contributed by atoms with Crippen LogP contribution in [0.2, 0.25) is 0 Å². The molecule has 2 heterocycles. The molecule has 170 valence electrons. The monoisotopic (exact) mass is 438 g/mol. The van der Waals surface area contributed by atoms with Gasteiger partial charge in [0.05, 0.1) is 6.54 Å². The lowest BCUT2D eigenvalue weighted by molar-refractivity contribution is 0.100. The van der Waals surface area contributed by atoms with Crippen molar-refractivity contribution in [1.82, 2.24) is 15.1 Å². The standard InChI is InChI=1S/C21H30N10O/c1-2-31(25)29-18(23)14-7-9-15(10-8-14)26-20-17(19(24)32)16(13-22)27-21(28-20)30-11-5-3-4-6-12-30/h7-10,13,22H,2-6,11-12,25H2,1H3,(H2,23,29)(H2,24,32)(H,26,27,28). The van der Waals surface area contributed by atoms with Gasteiger partial charge in [0.25, 0.3) is 5.91 Å². The van der Waals surface area contributed by atoms with Gasteiger partial charge in [-0.25, -0.2) is 15.9 Å². The molecule has 0 spiro atoms. The molecule has 1 aliphatic heterocycles. The predicted molar refractivity (Wildman–Crippen MR) is 126 cm³/mol. The molecule has 11 nitrogen and oxygen atoms in total. The van der Waals surface area contributed by atoms with Crippen LogP contribution in [-0.2, 0) is 0 Å². The van der Waals surface area contributed by atoms with Gasteiger partial charge in [0.2, 0.25) is 5.95 Å². The molecule has 1 amide bonds. The summed E-state index contributed by atoms with van der Waals surface area (Å²) in [5.41, 5.74) is 13.2. The lowest BCUT2D eigenvalue weighted by Gasteiger charge is -2.22. The summed E-state index contributed by atoms with van der Waals surface area (Å²) in [6.07, 6.45) is 5.45. The van der Waals surface area contributed by atoms with E-state index in [1.165, 1.54) is 5.12 Å². The van der Waals surface area contributed by atoms with Crippen molar-refractivity contribution in [2.45, 2.75) is 32.6 Å². The summed E-state index contributed by atoms with van der Waals surface area (Å²) in [5, 5.41) is 16.2. The number of amides is 1. The Morgan fingerprint density at radius 2 is 1.84 bits per heavy atom. The summed E-state index contributed by atoms with van der Waals surface area (Å²) < 4.78 is 0. The van der Waals surface area contributed by atoms with Gasteiger partial charge in [-0.05, 0) is 44.0 Å². The van der Waals surface area contributed by atoms with Gasteiger partial charge in [0.15, 0.2) is 5.84 Å². The van der Waals surface area contributed by atoms with Crippen LogP contribution in [0.3, 0.4) is 0 Å². The maximum Gasteiger partial charge on any atom is 0.254 e. The first-order valence-corrected chi connectivity index (χ1v) is 10.6. The molecule has 2 aromatic rings. The van der Waals surface area contributed by atoms with Crippen molar-refractivity contribution in [2.75, 3.05) is 29.9 Å². The number of anilines is 3. The molecule has 0 radical (unpaired) electrons. The number of hydrogen-bond acceptors (Lipinski definition) is 9. The van der Waals surface area contributed by atoms with E-state index in [0.717, 1.165) is 45.0 Å². The Morgan fingerprint density at radius 1 is 1.19 bits per heavy atom. The topological polar surface area (TPSA) is 176 Å². The number of carbonyl (C=O) groups is 1. The molecule has 0 atom stereocenters. The number of nitrogens with one attached hydrogen (secondary N) is 2. The van der Waals surface area contributed by atoms with Crippen molar-refractivity contribution < 1.29 is 4.79 Å². The predicted octanol–water partition coefficient (Wildman–Crippen LogP) is 1.51. The minimum absolute atomic E-state index is 0.0745. The molecular weight excluding hydrogens is 408 g/mol. The Kier molecular flexibility index (Phi) is 7.55. The number of hydrazone groups is 1. The van der Waals surface area contributed by atoms with E-state index in [0.29, 0.717) is 23.7 Å². The normalized spacial score (nSPS) is 14.6. The van der Waals surface area contributed by atoms with Gasteiger partial charge >= 0.3 is 0 Å². The first-order valence-electron chi connectivity index (χ1n) is 10.6. The SMILES string of the molecule is CCN(N)/N=C(\N)c1ccc(Nc2nc(N3CCCCCC3)nc(C=N)c2C(N)=O)cc1. The minimum Gasteiger partial charge on any atom is -0.382 e. The molecule has 32 heavy (non-hydrogen) atoms. The minimum atomic E-state index is -0.705. The number of hydrazine groups is 1. The zero-order valence-electron chi connectivity index (χ0n) is 18.2. The zero-order valence-corrected chi connectivity index (χ0v) is 18.2. The van der Waals surface area contributed by atoms with E-state index in [9.17, 15) is 4.79 Å². The number of hydrogen-bond donors (Lipinski definition) is 5. The maximum atomic E-state index is 12.1. The summed E-state index contributed by atoms with van der Waals surface area (Å²) in [6, 6.07) is 7.13. The molecule has 8 N–H and O–H groups in total. The molecule has 3 rings (SSSR count). The summed E-state index contributed by atoms with van der Waals surface area (Å²) >= 11 is 0. The van der Waals surface area contributed by atoms with Gasteiger partial charge in [0, 0.05) is 30.6 Å². The van der Waals surface area contributed by atoms with Gasteiger partial charge in [-0.3, -0.25) is 4.79 Å². The molecule has 1 aliphatic rings. The third-order valence-electron chi connectivity index (χ3n) is 5.20. The number of rotatable bonds is 8. The van der Waals surface area contributed by atoms with Gasteiger partial charge in [-0.15, -0.1) is 5.10 Å². The van der Waals surface area contributed by atoms with Crippen molar-refractivity contribution in [3.63, 3.8) is 0 Å². The van der Waals surface area contributed by atoms with E-state index in [-0.39, 0.29) is 22.9 Å². The number of amidine groups is 1. The second-order valence-corrected chi connectivity index (χ2v) is 7.49. The van der Waals surface area contributed by atoms with Gasteiger partial charge < -0.3 is 27.1 Å². The van der Waals surface area contributed by atoms with Crippen molar-refractivity contribution >= 4 is 35.4 Å². The molecule has 1 aromatic carbocycles. The Labute approximate surface area is 187 Å². The van der Waals surface area contributed by atoms with Crippen LogP contribution < -0.4 is 27.5 Å². The molecule has 0 saturated carbocycles. The summed E-state index contributed by atoms with van der Waals surface area (Å²) in [4.78, 5) is 23.3. The largest absolute Gasteiger partial charge is 0.382 e. The van der Waals surface area contributed by atoms with Crippen LogP contribution in [0.25, 0.3) is 0 Å². The first-order chi connectivity index (χ1) is 15.4. The number of carbonyl (C=O) groups excluding carboxylic acids is 1. The van der Waals surface area contributed by atoms with Crippen LogP contribution in [-0.4, -0.2) is 52.7 Å². The smallest absolute Gasteiger partial charge is 0.254 e. The van der Waals surface area contributed by atoms with E-state index in [4.69, 9.17) is 22.7 Å². The highest BCUT2D eigenvalue weighted by molar-refractivity contribution is 6.05. The number of benzene rings is 1. The van der Waals surface area contributed by atoms with Crippen molar-refractivity contribution in [3.8, 4) is 0 Å². The average molecular weight is 439 g/mol. The van der Waals surface area contributed by atoms with Crippen LogP contribution in [0.15, 0.2) is 29.4 Å². The van der Waals surface area contributed by atoms with E-state index in [1.807, 2.05) is 6.92 Å². The lowest BCUT2D eigenvalue weighted by Crippen LogP contribution is -2.29.